The van der Waals surface area contributed by atoms with Crippen LogP contribution in [-0.2, 0) is 0 Å². The van der Waals surface area contributed by atoms with E-state index in [9.17, 15) is 4.79 Å². The third-order valence-corrected chi connectivity index (χ3v) is 4.11. The van der Waals surface area contributed by atoms with E-state index in [0.29, 0.717) is 16.7 Å². The lowest BCUT2D eigenvalue weighted by Gasteiger charge is -2.38. The van der Waals surface area contributed by atoms with Gasteiger partial charge in [0.25, 0.3) is 0 Å². The van der Waals surface area contributed by atoms with Gasteiger partial charge in [-0.25, -0.2) is 4.79 Å². The van der Waals surface area contributed by atoms with Crippen molar-refractivity contribution in [2.75, 3.05) is 0 Å². The van der Waals surface area contributed by atoms with Gasteiger partial charge < -0.3 is 9.84 Å². The molecule has 2 atom stereocenters. The summed E-state index contributed by atoms with van der Waals surface area (Å²) < 4.78 is 6.00. The summed E-state index contributed by atoms with van der Waals surface area (Å²) in [6.45, 7) is 6.76. The summed E-state index contributed by atoms with van der Waals surface area (Å²) in [5.41, 5.74) is 0.454. The van der Waals surface area contributed by atoms with Crippen molar-refractivity contribution in [1.82, 2.24) is 0 Å². The van der Waals surface area contributed by atoms with Crippen LogP contribution in [0.2, 0.25) is 5.02 Å². The Kier molecular flexibility index (Phi) is 4.28. The third-order valence-electron chi connectivity index (χ3n) is 3.82. The number of benzene rings is 1. The Balaban J connectivity index is 2.12. The van der Waals surface area contributed by atoms with Crippen LogP contribution in [0.5, 0.6) is 5.75 Å². The van der Waals surface area contributed by atoms with Crippen molar-refractivity contribution in [2.45, 2.75) is 46.1 Å². The molecule has 1 aliphatic carbocycles. The molecule has 2 unspecified atom stereocenters. The number of carboxylic acid groups (broad SMARTS) is 1. The first-order chi connectivity index (χ1) is 9.27. The largest absolute Gasteiger partial charge is 0.489 e. The number of rotatable bonds is 3. The predicted octanol–water partition coefficient (Wildman–Crippen LogP) is 4.63. The summed E-state index contributed by atoms with van der Waals surface area (Å²) in [5.74, 6) is 0.221. The second kappa shape index (κ2) is 5.65. The molecule has 4 heteroatoms. The van der Waals surface area contributed by atoms with Gasteiger partial charge in [-0.05, 0) is 48.8 Å². The molecule has 1 aromatic rings. The maximum atomic E-state index is 10.9. The molecular formula is C16H21ClO3. The van der Waals surface area contributed by atoms with Crippen molar-refractivity contribution in [3.05, 3.63) is 28.8 Å². The normalized spacial score (nSPS) is 25.2. The first kappa shape index (κ1) is 15.2. The number of hydrogen-bond acceptors (Lipinski definition) is 2. The Morgan fingerprint density at radius 3 is 2.65 bits per heavy atom. The maximum Gasteiger partial charge on any atom is 0.335 e. The van der Waals surface area contributed by atoms with Crippen molar-refractivity contribution in [3.8, 4) is 5.75 Å². The van der Waals surface area contributed by atoms with Crippen molar-refractivity contribution in [3.63, 3.8) is 0 Å². The average Bonchev–Trinajstić information content (AvgIpc) is 2.28. The van der Waals surface area contributed by atoms with Gasteiger partial charge in [0.05, 0.1) is 16.7 Å². The quantitative estimate of drug-likeness (QED) is 0.884. The van der Waals surface area contributed by atoms with Gasteiger partial charge in [0.2, 0.25) is 0 Å². The van der Waals surface area contributed by atoms with Gasteiger partial charge in [-0.2, -0.15) is 0 Å². The SMILES string of the molecule is CC1CC(Oc2ccc(C(=O)O)cc2Cl)CC(C)(C)C1. The van der Waals surface area contributed by atoms with Crippen LogP contribution < -0.4 is 4.74 Å². The van der Waals surface area contributed by atoms with Gasteiger partial charge in [0.1, 0.15) is 5.75 Å². The molecule has 0 aromatic heterocycles. The van der Waals surface area contributed by atoms with Crippen LogP contribution in [0.25, 0.3) is 0 Å². The summed E-state index contributed by atoms with van der Waals surface area (Å²) in [6.07, 6.45) is 3.36. The highest BCUT2D eigenvalue weighted by atomic mass is 35.5. The second-order valence-corrected chi connectivity index (χ2v) is 7.01. The van der Waals surface area contributed by atoms with E-state index >= 15 is 0 Å². The van der Waals surface area contributed by atoms with E-state index in [1.807, 2.05) is 0 Å². The van der Waals surface area contributed by atoms with Gasteiger partial charge in [-0.3, -0.25) is 0 Å². The Morgan fingerprint density at radius 2 is 2.10 bits per heavy atom. The fourth-order valence-electron chi connectivity index (χ4n) is 3.26. The molecule has 0 heterocycles. The number of halogens is 1. The highest BCUT2D eigenvalue weighted by Gasteiger charge is 2.33. The zero-order valence-corrected chi connectivity index (χ0v) is 12.9. The average molecular weight is 297 g/mol. The van der Waals surface area contributed by atoms with Crippen molar-refractivity contribution < 1.29 is 14.6 Å². The van der Waals surface area contributed by atoms with E-state index in [2.05, 4.69) is 20.8 Å². The van der Waals surface area contributed by atoms with Crippen molar-refractivity contribution >= 4 is 17.6 Å². The monoisotopic (exact) mass is 296 g/mol. The molecule has 0 saturated heterocycles. The van der Waals surface area contributed by atoms with Gasteiger partial charge in [-0.1, -0.05) is 32.4 Å². The highest BCUT2D eigenvalue weighted by molar-refractivity contribution is 6.32. The molecule has 2 rings (SSSR count). The number of hydrogen-bond donors (Lipinski definition) is 1. The summed E-state index contributed by atoms with van der Waals surface area (Å²) in [7, 11) is 0. The first-order valence-corrected chi connectivity index (χ1v) is 7.34. The predicted molar refractivity (Wildman–Crippen MR) is 79.6 cm³/mol. The molecule has 0 spiro atoms. The zero-order chi connectivity index (χ0) is 14.9. The number of carbonyl (C=O) groups is 1. The van der Waals surface area contributed by atoms with Crippen LogP contribution in [0.3, 0.4) is 0 Å². The lowest BCUT2D eigenvalue weighted by Crippen LogP contribution is -2.34. The minimum Gasteiger partial charge on any atom is -0.489 e. The fourth-order valence-corrected chi connectivity index (χ4v) is 3.48. The molecule has 3 nitrogen and oxygen atoms in total. The van der Waals surface area contributed by atoms with Gasteiger partial charge in [0, 0.05) is 0 Å². The van der Waals surface area contributed by atoms with E-state index < -0.39 is 5.97 Å². The molecule has 0 bridgehead atoms. The minimum atomic E-state index is -0.981. The van der Waals surface area contributed by atoms with Crippen LogP contribution in [0, 0.1) is 11.3 Å². The van der Waals surface area contributed by atoms with Gasteiger partial charge in [-0.15, -0.1) is 0 Å². The minimum absolute atomic E-state index is 0.141. The van der Waals surface area contributed by atoms with Crippen molar-refractivity contribution in [2.24, 2.45) is 11.3 Å². The number of aromatic carboxylic acids is 1. The number of carboxylic acids is 1. The molecule has 1 aliphatic rings. The Hall–Kier alpha value is -1.22. The maximum absolute atomic E-state index is 10.9. The Labute approximate surface area is 124 Å². The first-order valence-electron chi connectivity index (χ1n) is 6.96. The molecule has 1 N–H and O–H groups in total. The van der Waals surface area contributed by atoms with Gasteiger partial charge in [0.15, 0.2) is 0 Å². The summed E-state index contributed by atoms with van der Waals surface area (Å²) >= 11 is 6.11. The lowest BCUT2D eigenvalue weighted by atomic mass is 9.71. The molecular weight excluding hydrogens is 276 g/mol. The van der Waals surface area contributed by atoms with Crippen LogP contribution >= 0.6 is 11.6 Å². The van der Waals surface area contributed by atoms with E-state index in [4.69, 9.17) is 21.4 Å². The number of ether oxygens (including phenoxy) is 1. The standard InChI is InChI=1S/C16H21ClO3/c1-10-6-12(9-16(2,3)8-10)20-14-5-4-11(15(18)19)7-13(14)17/h4-5,7,10,12H,6,8-9H2,1-3H3,(H,18,19). The van der Waals surface area contributed by atoms with Crippen LogP contribution in [0.15, 0.2) is 18.2 Å². The third kappa shape index (κ3) is 3.66. The molecule has 0 aliphatic heterocycles. The van der Waals surface area contributed by atoms with E-state index in [1.165, 1.54) is 18.6 Å². The van der Waals surface area contributed by atoms with E-state index in [-0.39, 0.29) is 17.1 Å². The molecule has 0 amide bonds. The Morgan fingerprint density at radius 1 is 1.40 bits per heavy atom. The van der Waals surface area contributed by atoms with E-state index in [0.717, 1.165) is 12.8 Å². The second-order valence-electron chi connectivity index (χ2n) is 6.60. The van der Waals surface area contributed by atoms with Gasteiger partial charge >= 0.3 is 5.97 Å². The van der Waals surface area contributed by atoms with Crippen molar-refractivity contribution in [1.29, 1.82) is 0 Å². The Bertz CT molecular complexity index is 510. The zero-order valence-electron chi connectivity index (χ0n) is 12.1. The summed E-state index contributed by atoms with van der Waals surface area (Å²) in [4.78, 5) is 10.9. The van der Waals surface area contributed by atoms with Crippen LogP contribution in [0.4, 0.5) is 0 Å². The molecule has 20 heavy (non-hydrogen) atoms. The van der Waals surface area contributed by atoms with Crippen LogP contribution in [0.1, 0.15) is 50.4 Å². The summed E-state index contributed by atoms with van der Waals surface area (Å²) in [6, 6.07) is 4.62. The topological polar surface area (TPSA) is 46.5 Å². The highest BCUT2D eigenvalue weighted by Crippen LogP contribution is 2.40. The molecule has 0 radical (unpaired) electrons. The molecule has 1 saturated carbocycles. The lowest BCUT2D eigenvalue weighted by molar-refractivity contribution is 0.0563. The fraction of sp³-hybridized carbons (Fsp3) is 0.562. The molecule has 110 valence electrons. The smallest absolute Gasteiger partial charge is 0.335 e. The summed E-state index contributed by atoms with van der Waals surface area (Å²) in [5, 5.41) is 9.29. The molecule has 1 fully saturated rings. The molecule has 1 aromatic carbocycles. The van der Waals surface area contributed by atoms with Crippen LogP contribution in [-0.4, -0.2) is 17.2 Å². The van der Waals surface area contributed by atoms with E-state index in [1.54, 1.807) is 6.07 Å².